The molecule has 0 radical (unpaired) electrons. The Morgan fingerprint density at radius 2 is 1.91 bits per heavy atom. The van der Waals surface area contributed by atoms with Crippen molar-refractivity contribution >= 4 is 17.0 Å². The molecular weight excluding hydrogens is 304 g/mol. The molecule has 0 saturated carbocycles. The van der Waals surface area contributed by atoms with Gasteiger partial charge in [-0.25, -0.2) is 0 Å². The number of rotatable bonds is 7. The molecule has 0 aliphatic carbocycles. The molecule has 1 aliphatic heterocycles. The first-order chi connectivity index (χ1) is 11.2. The zero-order valence-corrected chi connectivity index (χ0v) is 14.9. The largest absolute Gasteiger partial charge is 0.378 e. The van der Waals surface area contributed by atoms with Crippen LogP contribution in [-0.4, -0.2) is 30.8 Å². The topological polar surface area (TPSA) is 41.1 Å². The lowest BCUT2D eigenvalue weighted by Gasteiger charge is -2.12. The molecule has 1 aromatic heterocycles. The van der Waals surface area contributed by atoms with Crippen LogP contribution >= 0.6 is 11.3 Å². The van der Waals surface area contributed by atoms with Crippen molar-refractivity contribution in [2.45, 2.75) is 44.6 Å². The van der Waals surface area contributed by atoms with E-state index in [0.29, 0.717) is 6.04 Å². The fourth-order valence-corrected chi connectivity index (χ4v) is 3.96. The molecule has 4 nitrogen and oxygen atoms in total. The van der Waals surface area contributed by atoms with Gasteiger partial charge < -0.3 is 10.2 Å². The number of unbranched alkanes of at least 4 members (excludes halogenated alkanes) is 1. The molecule has 23 heavy (non-hydrogen) atoms. The van der Waals surface area contributed by atoms with Crippen LogP contribution in [0.15, 0.2) is 24.3 Å². The fraction of sp³-hybridized carbons (Fsp3) is 0.556. The smallest absolute Gasteiger partial charge is 0.134 e. The Hall–Kier alpha value is -1.46. The zero-order chi connectivity index (χ0) is 16.1. The predicted molar refractivity (Wildman–Crippen MR) is 97.3 cm³/mol. The number of benzene rings is 1. The highest BCUT2D eigenvalue weighted by Crippen LogP contribution is 2.26. The fourth-order valence-electron chi connectivity index (χ4n) is 2.97. The lowest BCUT2D eigenvalue weighted by atomic mass is 10.1. The number of aryl methyl sites for hydroxylation is 2. The van der Waals surface area contributed by atoms with E-state index in [0.717, 1.165) is 19.4 Å². The normalized spacial score (nSPS) is 17.6. The molecule has 5 heteroatoms. The molecule has 1 aliphatic rings. The quantitative estimate of drug-likeness (QED) is 0.788. The number of hydrogen-bond acceptors (Lipinski definition) is 5. The van der Waals surface area contributed by atoms with Crippen molar-refractivity contribution in [2.75, 3.05) is 25.5 Å². The van der Waals surface area contributed by atoms with Gasteiger partial charge in [0, 0.05) is 26.2 Å². The summed E-state index contributed by atoms with van der Waals surface area (Å²) in [7, 11) is 4.15. The number of aromatic nitrogens is 2. The average molecular weight is 331 g/mol. The van der Waals surface area contributed by atoms with Gasteiger partial charge in [-0.3, -0.25) is 0 Å². The minimum atomic E-state index is 0.455. The van der Waals surface area contributed by atoms with Gasteiger partial charge in [0.25, 0.3) is 0 Å². The highest BCUT2D eigenvalue weighted by Gasteiger charge is 2.20. The Morgan fingerprint density at radius 1 is 1.13 bits per heavy atom. The van der Waals surface area contributed by atoms with Gasteiger partial charge in [0.2, 0.25) is 0 Å². The lowest BCUT2D eigenvalue weighted by Crippen LogP contribution is -2.12. The van der Waals surface area contributed by atoms with E-state index in [-0.39, 0.29) is 0 Å². The van der Waals surface area contributed by atoms with Crippen LogP contribution in [0.5, 0.6) is 0 Å². The third-order valence-corrected chi connectivity index (χ3v) is 5.50. The van der Waals surface area contributed by atoms with Crippen LogP contribution in [-0.2, 0) is 12.8 Å². The lowest BCUT2D eigenvalue weighted by molar-refractivity contribution is 0.634. The first-order valence-corrected chi connectivity index (χ1v) is 9.36. The Morgan fingerprint density at radius 3 is 2.61 bits per heavy atom. The van der Waals surface area contributed by atoms with E-state index in [9.17, 15) is 0 Å². The number of anilines is 1. The van der Waals surface area contributed by atoms with Crippen molar-refractivity contribution in [2.24, 2.45) is 0 Å². The van der Waals surface area contributed by atoms with Crippen LogP contribution in [0, 0.1) is 0 Å². The molecule has 1 N–H and O–H groups in total. The predicted octanol–water partition coefficient (Wildman–Crippen LogP) is 3.59. The standard InChI is InChI=1S/C18H26N4S/c1-22(2)15-11-9-14(10-12-15)6-3-4-8-17-20-21-18(23-17)16-7-5-13-19-16/h9-12,16,19H,3-8,13H2,1-2H3. The van der Waals surface area contributed by atoms with Gasteiger partial charge in [0.15, 0.2) is 0 Å². The molecule has 1 atom stereocenters. The summed E-state index contributed by atoms with van der Waals surface area (Å²) in [5.74, 6) is 0. The van der Waals surface area contributed by atoms with Crippen LogP contribution in [0.4, 0.5) is 5.69 Å². The van der Waals surface area contributed by atoms with Gasteiger partial charge in [-0.15, -0.1) is 10.2 Å². The summed E-state index contributed by atoms with van der Waals surface area (Å²) in [6.07, 6.45) is 7.05. The molecule has 124 valence electrons. The Kier molecular flexibility index (Phi) is 5.62. The molecule has 0 amide bonds. The molecule has 1 unspecified atom stereocenters. The van der Waals surface area contributed by atoms with E-state index in [2.05, 4.69) is 58.8 Å². The summed E-state index contributed by atoms with van der Waals surface area (Å²) >= 11 is 1.79. The number of nitrogens with zero attached hydrogens (tertiary/aromatic N) is 3. The van der Waals surface area contributed by atoms with Crippen LogP contribution in [0.25, 0.3) is 0 Å². The van der Waals surface area contributed by atoms with E-state index < -0.39 is 0 Å². The molecule has 1 saturated heterocycles. The average Bonchev–Trinajstić information content (AvgIpc) is 3.23. The van der Waals surface area contributed by atoms with Crippen LogP contribution in [0.2, 0.25) is 0 Å². The molecule has 0 bridgehead atoms. The van der Waals surface area contributed by atoms with Crippen LogP contribution in [0.1, 0.15) is 47.3 Å². The van der Waals surface area contributed by atoms with Gasteiger partial charge in [-0.1, -0.05) is 23.5 Å². The number of hydrogen-bond donors (Lipinski definition) is 1. The maximum Gasteiger partial charge on any atom is 0.134 e. The monoisotopic (exact) mass is 330 g/mol. The third-order valence-electron chi connectivity index (χ3n) is 4.40. The van der Waals surface area contributed by atoms with Crippen LogP contribution < -0.4 is 10.2 Å². The first-order valence-electron chi connectivity index (χ1n) is 8.54. The van der Waals surface area contributed by atoms with Crippen molar-refractivity contribution in [1.82, 2.24) is 15.5 Å². The summed E-state index contributed by atoms with van der Waals surface area (Å²) in [4.78, 5) is 2.13. The first kappa shape index (κ1) is 16.4. The van der Waals surface area contributed by atoms with E-state index in [1.165, 1.54) is 46.9 Å². The summed E-state index contributed by atoms with van der Waals surface area (Å²) in [5.41, 5.74) is 2.68. The molecule has 1 fully saturated rings. The highest BCUT2D eigenvalue weighted by atomic mass is 32.1. The Bertz CT molecular complexity index is 600. The van der Waals surface area contributed by atoms with Crippen molar-refractivity contribution in [1.29, 1.82) is 0 Å². The van der Waals surface area contributed by atoms with Crippen LogP contribution in [0.3, 0.4) is 0 Å². The zero-order valence-electron chi connectivity index (χ0n) is 14.1. The van der Waals surface area contributed by atoms with Crippen molar-refractivity contribution in [3.63, 3.8) is 0 Å². The molecule has 0 spiro atoms. The Labute approximate surface area is 142 Å². The van der Waals surface area contributed by atoms with Gasteiger partial charge in [0.05, 0.1) is 6.04 Å². The molecule has 1 aromatic carbocycles. The molecule has 3 rings (SSSR count). The summed E-state index contributed by atoms with van der Waals surface area (Å²) in [6, 6.07) is 9.33. The maximum absolute atomic E-state index is 4.36. The van der Waals surface area contributed by atoms with E-state index in [1.54, 1.807) is 11.3 Å². The molecular formula is C18H26N4S. The van der Waals surface area contributed by atoms with Gasteiger partial charge >= 0.3 is 0 Å². The second kappa shape index (κ2) is 7.88. The minimum Gasteiger partial charge on any atom is -0.378 e. The minimum absolute atomic E-state index is 0.455. The van der Waals surface area contributed by atoms with E-state index in [1.807, 2.05) is 0 Å². The molecule has 2 aromatic rings. The van der Waals surface area contributed by atoms with E-state index in [4.69, 9.17) is 0 Å². The van der Waals surface area contributed by atoms with E-state index >= 15 is 0 Å². The van der Waals surface area contributed by atoms with Crippen molar-refractivity contribution in [3.8, 4) is 0 Å². The van der Waals surface area contributed by atoms with Gasteiger partial charge in [-0.05, 0) is 56.3 Å². The second-order valence-electron chi connectivity index (χ2n) is 6.45. The van der Waals surface area contributed by atoms with Crippen molar-refractivity contribution < 1.29 is 0 Å². The van der Waals surface area contributed by atoms with Crippen molar-refractivity contribution in [3.05, 3.63) is 39.8 Å². The SMILES string of the molecule is CN(C)c1ccc(CCCCc2nnc(C3CCCN3)s2)cc1. The summed E-state index contributed by atoms with van der Waals surface area (Å²) in [5, 5.41) is 14.6. The highest BCUT2D eigenvalue weighted by molar-refractivity contribution is 7.11. The second-order valence-corrected chi connectivity index (χ2v) is 7.54. The third kappa shape index (κ3) is 4.52. The van der Waals surface area contributed by atoms with Gasteiger partial charge in [0.1, 0.15) is 10.0 Å². The Balaban J connectivity index is 1.41. The van der Waals surface area contributed by atoms with Gasteiger partial charge in [-0.2, -0.15) is 0 Å². The number of nitrogens with one attached hydrogen (secondary N) is 1. The summed E-state index contributed by atoms with van der Waals surface area (Å²) < 4.78 is 0. The maximum atomic E-state index is 4.36. The molecule has 2 heterocycles. The summed E-state index contributed by atoms with van der Waals surface area (Å²) in [6.45, 7) is 1.12.